The topological polar surface area (TPSA) is 65.9 Å². The van der Waals surface area contributed by atoms with Crippen LogP contribution in [-0.4, -0.2) is 59.7 Å². The molecule has 164 valence electrons. The van der Waals surface area contributed by atoms with Gasteiger partial charge in [0, 0.05) is 45.1 Å². The Morgan fingerprint density at radius 3 is 2.47 bits per heavy atom. The molecule has 0 radical (unpaired) electrons. The molecule has 30 heavy (non-hydrogen) atoms. The molecule has 1 aromatic carbocycles. The molecule has 0 amide bonds. The van der Waals surface area contributed by atoms with Crippen LogP contribution in [0.5, 0.6) is 0 Å². The van der Waals surface area contributed by atoms with Gasteiger partial charge in [0.25, 0.3) is 0 Å². The van der Waals surface area contributed by atoms with Gasteiger partial charge in [0.1, 0.15) is 0 Å². The van der Waals surface area contributed by atoms with E-state index < -0.39 is 0 Å². The van der Waals surface area contributed by atoms with Crippen LogP contribution < -0.4 is 10.2 Å². The molecule has 0 spiro atoms. The molecule has 0 aliphatic carbocycles. The lowest BCUT2D eigenvalue weighted by Crippen LogP contribution is -2.52. The van der Waals surface area contributed by atoms with Crippen molar-refractivity contribution in [3.05, 3.63) is 53.9 Å². The molecule has 1 aliphatic heterocycles. The van der Waals surface area contributed by atoms with Gasteiger partial charge in [0.05, 0.1) is 19.3 Å². The van der Waals surface area contributed by atoms with Crippen LogP contribution in [0, 0.1) is 0 Å². The third-order valence-corrected chi connectivity index (χ3v) is 4.74. The van der Waals surface area contributed by atoms with E-state index in [1.807, 2.05) is 6.07 Å². The number of aliphatic imine (C=N–C) groups is 1. The van der Waals surface area contributed by atoms with Gasteiger partial charge in [-0.25, -0.2) is 15.0 Å². The number of nitrogens with one attached hydrogen (secondary N) is 1. The summed E-state index contributed by atoms with van der Waals surface area (Å²) in [4.78, 5) is 18.1. The predicted molar refractivity (Wildman–Crippen MR) is 132 cm³/mol. The zero-order chi connectivity index (χ0) is 20.5. The standard InChI is InChI=1S/C22H32N6O.HI/c1-4-23-21(26-16-19-7-5-8-20(15-19)17-29-18(2)3)27-11-13-28(14-12-27)22-24-9-6-10-25-22;/h5-10,15,18H,4,11-14,16-17H2,1-3H3,(H,23,26);1H. The monoisotopic (exact) mass is 524 g/mol. The van der Waals surface area contributed by atoms with Crippen molar-refractivity contribution < 1.29 is 4.74 Å². The number of piperazine rings is 1. The van der Waals surface area contributed by atoms with E-state index in [4.69, 9.17) is 9.73 Å². The maximum Gasteiger partial charge on any atom is 0.225 e. The Morgan fingerprint density at radius 1 is 1.10 bits per heavy atom. The Kier molecular flexibility index (Phi) is 10.3. The Bertz CT molecular complexity index is 778. The van der Waals surface area contributed by atoms with E-state index in [1.165, 1.54) is 11.1 Å². The number of anilines is 1. The number of rotatable bonds is 7. The van der Waals surface area contributed by atoms with Crippen LogP contribution in [0.2, 0.25) is 0 Å². The van der Waals surface area contributed by atoms with E-state index in [0.29, 0.717) is 13.2 Å². The van der Waals surface area contributed by atoms with Crippen molar-refractivity contribution in [2.75, 3.05) is 37.6 Å². The number of benzene rings is 1. The van der Waals surface area contributed by atoms with Crippen molar-refractivity contribution in [2.24, 2.45) is 4.99 Å². The van der Waals surface area contributed by atoms with Crippen molar-refractivity contribution >= 4 is 35.9 Å². The number of hydrogen-bond donors (Lipinski definition) is 1. The minimum Gasteiger partial charge on any atom is -0.374 e. The highest BCUT2D eigenvalue weighted by atomic mass is 127. The first kappa shape index (κ1) is 24.3. The van der Waals surface area contributed by atoms with Crippen molar-refractivity contribution in [3.63, 3.8) is 0 Å². The summed E-state index contributed by atoms with van der Waals surface area (Å²) < 4.78 is 5.72. The van der Waals surface area contributed by atoms with Gasteiger partial charge in [-0.05, 0) is 38.0 Å². The first-order chi connectivity index (χ1) is 14.2. The van der Waals surface area contributed by atoms with Crippen molar-refractivity contribution in [1.29, 1.82) is 0 Å². The van der Waals surface area contributed by atoms with E-state index in [1.54, 1.807) is 12.4 Å². The molecular weight excluding hydrogens is 491 g/mol. The average molecular weight is 524 g/mol. The largest absolute Gasteiger partial charge is 0.374 e. The number of nitrogens with zero attached hydrogens (tertiary/aromatic N) is 5. The highest BCUT2D eigenvalue weighted by Gasteiger charge is 2.21. The van der Waals surface area contributed by atoms with Gasteiger partial charge in [0.15, 0.2) is 5.96 Å². The summed E-state index contributed by atoms with van der Waals surface area (Å²) in [5, 5.41) is 3.43. The van der Waals surface area contributed by atoms with E-state index >= 15 is 0 Å². The Morgan fingerprint density at radius 2 is 1.80 bits per heavy atom. The lowest BCUT2D eigenvalue weighted by molar-refractivity contribution is 0.0657. The molecule has 8 heteroatoms. The number of guanidine groups is 1. The van der Waals surface area contributed by atoms with Crippen LogP contribution in [0.4, 0.5) is 5.95 Å². The number of ether oxygens (including phenoxy) is 1. The molecule has 1 saturated heterocycles. The first-order valence-corrected chi connectivity index (χ1v) is 10.4. The molecule has 3 rings (SSSR count). The second-order valence-corrected chi connectivity index (χ2v) is 7.37. The van der Waals surface area contributed by atoms with Crippen molar-refractivity contribution in [2.45, 2.75) is 40.0 Å². The summed E-state index contributed by atoms with van der Waals surface area (Å²) in [7, 11) is 0. The predicted octanol–water partition coefficient (Wildman–Crippen LogP) is 3.31. The molecule has 0 saturated carbocycles. The SMILES string of the molecule is CCNC(=NCc1cccc(COC(C)C)c1)N1CCN(c2ncccn2)CC1.I. The summed E-state index contributed by atoms with van der Waals surface area (Å²) in [6, 6.07) is 10.3. The zero-order valence-corrected chi connectivity index (χ0v) is 20.5. The molecule has 1 aliphatic rings. The van der Waals surface area contributed by atoms with Crippen LogP contribution in [0.25, 0.3) is 0 Å². The fourth-order valence-electron chi connectivity index (χ4n) is 3.25. The average Bonchev–Trinajstić information content (AvgIpc) is 2.76. The number of hydrogen-bond acceptors (Lipinski definition) is 5. The van der Waals surface area contributed by atoms with E-state index in [9.17, 15) is 0 Å². The van der Waals surface area contributed by atoms with Crippen LogP contribution >= 0.6 is 24.0 Å². The fourth-order valence-corrected chi connectivity index (χ4v) is 3.25. The molecule has 2 aromatic rings. The van der Waals surface area contributed by atoms with Gasteiger partial charge in [-0.1, -0.05) is 24.3 Å². The van der Waals surface area contributed by atoms with Crippen LogP contribution in [0.3, 0.4) is 0 Å². The van der Waals surface area contributed by atoms with Crippen LogP contribution in [-0.2, 0) is 17.9 Å². The lowest BCUT2D eigenvalue weighted by Gasteiger charge is -2.36. The first-order valence-electron chi connectivity index (χ1n) is 10.4. The molecule has 1 aromatic heterocycles. The zero-order valence-electron chi connectivity index (χ0n) is 18.1. The second kappa shape index (κ2) is 12.7. The maximum atomic E-state index is 5.72. The minimum absolute atomic E-state index is 0. The summed E-state index contributed by atoms with van der Waals surface area (Å²) in [5.41, 5.74) is 2.38. The van der Waals surface area contributed by atoms with Crippen molar-refractivity contribution in [1.82, 2.24) is 20.2 Å². The normalized spacial score (nSPS) is 14.6. The van der Waals surface area contributed by atoms with E-state index in [-0.39, 0.29) is 30.1 Å². The molecule has 7 nitrogen and oxygen atoms in total. The Hall–Kier alpha value is -1.94. The molecule has 0 bridgehead atoms. The van der Waals surface area contributed by atoms with Crippen LogP contribution in [0.1, 0.15) is 31.9 Å². The Balaban J connectivity index is 0.00000320. The van der Waals surface area contributed by atoms with Gasteiger partial charge in [-0.2, -0.15) is 0 Å². The molecule has 1 N–H and O–H groups in total. The molecule has 0 atom stereocenters. The third kappa shape index (κ3) is 7.39. The second-order valence-electron chi connectivity index (χ2n) is 7.37. The highest BCUT2D eigenvalue weighted by molar-refractivity contribution is 14.0. The fraction of sp³-hybridized carbons (Fsp3) is 0.500. The number of aromatic nitrogens is 2. The van der Waals surface area contributed by atoms with Gasteiger partial charge >= 0.3 is 0 Å². The minimum atomic E-state index is 0. The van der Waals surface area contributed by atoms with Gasteiger partial charge in [-0.3, -0.25) is 0 Å². The van der Waals surface area contributed by atoms with Gasteiger partial charge in [0.2, 0.25) is 5.95 Å². The summed E-state index contributed by atoms with van der Waals surface area (Å²) in [6.07, 6.45) is 3.82. The van der Waals surface area contributed by atoms with Crippen molar-refractivity contribution in [3.8, 4) is 0 Å². The molecule has 2 heterocycles. The molecular formula is C22H33IN6O. The van der Waals surface area contributed by atoms with E-state index in [0.717, 1.165) is 44.6 Å². The molecule has 1 fully saturated rings. The van der Waals surface area contributed by atoms with Gasteiger partial charge < -0.3 is 19.9 Å². The summed E-state index contributed by atoms with van der Waals surface area (Å²) in [6.45, 7) is 11.9. The highest BCUT2D eigenvalue weighted by Crippen LogP contribution is 2.12. The quantitative estimate of drug-likeness (QED) is 0.341. The smallest absolute Gasteiger partial charge is 0.225 e. The summed E-state index contributed by atoms with van der Waals surface area (Å²) >= 11 is 0. The number of halogens is 1. The Labute approximate surface area is 197 Å². The van der Waals surface area contributed by atoms with Crippen LogP contribution in [0.15, 0.2) is 47.7 Å². The third-order valence-electron chi connectivity index (χ3n) is 4.74. The summed E-state index contributed by atoms with van der Waals surface area (Å²) in [5.74, 6) is 1.76. The maximum absolute atomic E-state index is 5.72. The molecule has 0 unspecified atom stereocenters. The lowest BCUT2D eigenvalue weighted by atomic mass is 10.1. The van der Waals surface area contributed by atoms with E-state index in [2.05, 4.69) is 70.1 Å². The van der Waals surface area contributed by atoms with Gasteiger partial charge in [-0.15, -0.1) is 24.0 Å².